The third-order valence-electron chi connectivity index (χ3n) is 3.92. The molecule has 0 aromatic rings. The molecule has 0 aliphatic carbocycles. The quantitative estimate of drug-likeness (QED) is 0.720. The van der Waals surface area contributed by atoms with Gasteiger partial charge in [0, 0.05) is 23.9 Å². The highest BCUT2D eigenvalue weighted by molar-refractivity contribution is 5.82. The topological polar surface area (TPSA) is 58.2 Å². The molecule has 0 rings (SSSR count). The number of nitrogens with one attached hydrogen (secondary N) is 2. The standard InChI is InChI=1S/C16H32N2O2/c1-12(19)15(4,5)10-14(2,3)9-13(20)18-11-16(6,7)17-8/h17H,9-11H2,1-8H3,(H,18,20). The van der Waals surface area contributed by atoms with Gasteiger partial charge in [0.05, 0.1) is 0 Å². The number of carbonyl (C=O) groups is 2. The minimum Gasteiger partial charge on any atom is -0.354 e. The van der Waals surface area contributed by atoms with Crippen molar-refractivity contribution in [3.8, 4) is 0 Å². The van der Waals surface area contributed by atoms with E-state index in [1.807, 2.05) is 48.6 Å². The van der Waals surface area contributed by atoms with Crippen LogP contribution in [0.5, 0.6) is 0 Å². The predicted octanol–water partition coefficient (Wildman–Crippen LogP) is 2.52. The van der Waals surface area contributed by atoms with E-state index in [0.717, 1.165) is 0 Å². The van der Waals surface area contributed by atoms with Crippen LogP contribution >= 0.6 is 0 Å². The van der Waals surface area contributed by atoms with Crippen molar-refractivity contribution in [1.82, 2.24) is 10.6 Å². The number of likely N-dealkylation sites (N-methyl/N-ethyl adjacent to an activating group) is 1. The van der Waals surface area contributed by atoms with Crippen LogP contribution in [0.1, 0.15) is 61.3 Å². The van der Waals surface area contributed by atoms with Crippen molar-refractivity contribution < 1.29 is 9.59 Å². The number of rotatable bonds is 8. The number of carbonyl (C=O) groups excluding carboxylic acids is 2. The van der Waals surface area contributed by atoms with E-state index in [2.05, 4.69) is 10.6 Å². The van der Waals surface area contributed by atoms with Crippen LogP contribution in [0.25, 0.3) is 0 Å². The van der Waals surface area contributed by atoms with Gasteiger partial charge in [-0.05, 0) is 39.7 Å². The summed E-state index contributed by atoms with van der Waals surface area (Å²) in [5.41, 5.74) is -0.685. The molecule has 0 saturated carbocycles. The van der Waals surface area contributed by atoms with Crippen molar-refractivity contribution >= 4 is 11.7 Å². The van der Waals surface area contributed by atoms with Gasteiger partial charge in [0.2, 0.25) is 5.91 Å². The maximum Gasteiger partial charge on any atom is 0.220 e. The average Bonchev–Trinajstić information content (AvgIpc) is 2.24. The minimum atomic E-state index is -0.381. The minimum absolute atomic E-state index is 0.0395. The number of hydrogen-bond acceptors (Lipinski definition) is 3. The fourth-order valence-corrected chi connectivity index (χ4v) is 2.29. The van der Waals surface area contributed by atoms with Crippen molar-refractivity contribution in [2.45, 2.75) is 66.8 Å². The van der Waals surface area contributed by atoms with Gasteiger partial charge in [0.15, 0.2) is 0 Å². The van der Waals surface area contributed by atoms with E-state index >= 15 is 0 Å². The molecule has 0 radical (unpaired) electrons. The summed E-state index contributed by atoms with van der Waals surface area (Å²) in [4.78, 5) is 23.7. The van der Waals surface area contributed by atoms with Gasteiger partial charge in [-0.3, -0.25) is 9.59 Å². The summed E-state index contributed by atoms with van der Waals surface area (Å²) in [6.07, 6.45) is 1.14. The van der Waals surface area contributed by atoms with Crippen LogP contribution in [0.3, 0.4) is 0 Å². The van der Waals surface area contributed by atoms with Crippen molar-refractivity contribution in [3.63, 3.8) is 0 Å². The number of Topliss-reactive ketones (excluding diaryl/α,β-unsaturated/α-hetero) is 1. The first kappa shape index (κ1) is 19.1. The highest BCUT2D eigenvalue weighted by atomic mass is 16.1. The highest BCUT2D eigenvalue weighted by Crippen LogP contribution is 2.36. The van der Waals surface area contributed by atoms with Crippen LogP contribution in [0.2, 0.25) is 0 Å². The van der Waals surface area contributed by atoms with Crippen LogP contribution in [-0.4, -0.2) is 30.8 Å². The molecule has 0 aromatic carbocycles. The summed E-state index contributed by atoms with van der Waals surface area (Å²) >= 11 is 0. The molecule has 4 heteroatoms. The lowest BCUT2D eigenvalue weighted by atomic mass is 9.71. The van der Waals surface area contributed by atoms with Gasteiger partial charge in [-0.1, -0.05) is 27.7 Å². The van der Waals surface area contributed by atoms with Crippen molar-refractivity contribution in [2.75, 3.05) is 13.6 Å². The molecule has 0 aliphatic rings. The predicted molar refractivity (Wildman–Crippen MR) is 83.6 cm³/mol. The molecule has 0 spiro atoms. The second-order valence-corrected chi connectivity index (χ2v) is 7.87. The normalized spacial score (nSPS) is 13.2. The molecule has 0 bridgehead atoms. The maximum atomic E-state index is 12.1. The molecule has 2 N–H and O–H groups in total. The summed E-state index contributed by atoms with van der Waals surface area (Å²) in [7, 11) is 1.88. The average molecular weight is 284 g/mol. The zero-order valence-electron chi connectivity index (χ0n) is 14.4. The first-order valence-corrected chi connectivity index (χ1v) is 7.28. The Balaban J connectivity index is 4.47. The van der Waals surface area contributed by atoms with E-state index in [1.54, 1.807) is 6.92 Å². The molecule has 0 saturated heterocycles. The second kappa shape index (κ2) is 6.70. The molecule has 0 fully saturated rings. The Morgan fingerprint density at radius 3 is 1.90 bits per heavy atom. The van der Waals surface area contributed by atoms with Gasteiger partial charge in [-0.15, -0.1) is 0 Å². The van der Waals surface area contributed by atoms with Crippen LogP contribution in [0.15, 0.2) is 0 Å². The van der Waals surface area contributed by atoms with E-state index < -0.39 is 0 Å². The third-order valence-corrected chi connectivity index (χ3v) is 3.92. The molecule has 0 unspecified atom stereocenters. The van der Waals surface area contributed by atoms with E-state index in [4.69, 9.17) is 0 Å². The van der Waals surface area contributed by atoms with E-state index in [0.29, 0.717) is 19.4 Å². The van der Waals surface area contributed by atoms with E-state index in [-0.39, 0.29) is 28.1 Å². The van der Waals surface area contributed by atoms with Gasteiger partial charge >= 0.3 is 0 Å². The van der Waals surface area contributed by atoms with Crippen molar-refractivity contribution in [1.29, 1.82) is 0 Å². The Morgan fingerprint density at radius 2 is 1.50 bits per heavy atom. The summed E-state index contributed by atoms with van der Waals surface area (Å²) in [6, 6.07) is 0. The molecule has 118 valence electrons. The molecule has 4 nitrogen and oxygen atoms in total. The number of hydrogen-bond donors (Lipinski definition) is 2. The monoisotopic (exact) mass is 284 g/mol. The highest BCUT2D eigenvalue weighted by Gasteiger charge is 2.33. The van der Waals surface area contributed by atoms with Crippen LogP contribution in [0.4, 0.5) is 0 Å². The molecular formula is C16H32N2O2. The summed E-state index contributed by atoms with van der Waals surface area (Å²) in [5, 5.41) is 6.11. The molecule has 0 aliphatic heterocycles. The zero-order valence-corrected chi connectivity index (χ0v) is 14.4. The van der Waals surface area contributed by atoms with Crippen LogP contribution in [0, 0.1) is 10.8 Å². The lowest BCUT2D eigenvalue weighted by molar-refractivity contribution is -0.129. The Hall–Kier alpha value is -0.900. The lowest BCUT2D eigenvalue weighted by Crippen LogP contribution is -2.48. The lowest BCUT2D eigenvalue weighted by Gasteiger charge is -2.33. The van der Waals surface area contributed by atoms with E-state index in [1.165, 1.54) is 0 Å². The fraction of sp³-hybridized carbons (Fsp3) is 0.875. The second-order valence-electron chi connectivity index (χ2n) is 7.87. The fourth-order valence-electron chi connectivity index (χ4n) is 2.29. The van der Waals surface area contributed by atoms with Crippen molar-refractivity contribution in [2.24, 2.45) is 10.8 Å². The summed E-state index contributed by atoms with van der Waals surface area (Å²) in [6.45, 7) is 14.3. The molecular weight excluding hydrogens is 252 g/mol. The Labute approximate surface area is 124 Å². The zero-order chi connectivity index (χ0) is 16.2. The van der Waals surface area contributed by atoms with Crippen LogP contribution in [-0.2, 0) is 9.59 Å². The van der Waals surface area contributed by atoms with Gasteiger partial charge in [0.1, 0.15) is 5.78 Å². The van der Waals surface area contributed by atoms with Crippen LogP contribution < -0.4 is 10.6 Å². The first-order valence-electron chi connectivity index (χ1n) is 7.28. The molecule has 0 aromatic heterocycles. The Morgan fingerprint density at radius 1 is 1.00 bits per heavy atom. The Bertz CT molecular complexity index is 357. The van der Waals surface area contributed by atoms with Gasteiger partial charge in [0.25, 0.3) is 0 Å². The van der Waals surface area contributed by atoms with Gasteiger partial charge in [-0.2, -0.15) is 0 Å². The summed E-state index contributed by atoms with van der Waals surface area (Å²) in [5.74, 6) is 0.208. The molecule has 1 amide bonds. The largest absolute Gasteiger partial charge is 0.354 e. The SMILES string of the molecule is CNC(C)(C)CNC(=O)CC(C)(C)CC(C)(C)C(C)=O. The molecule has 0 atom stereocenters. The van der Waals surface area contributed by atoms with Gasteiger partial charge < -0.3 is 10.6 Å². The maximum absolute atomic E-state index is 12.1. The Kier molecular flexibility index (Phi) is 6.40. The molecule has 20 heavy (non-hydrogen) atoms. The number of ketones is 1. The third kappa shape index (κ3) is 7.04. The number of amides is 1. The van der Waals surface area contributed by atoms with Gasteiger partial charge in [-0.25, -0.2) is 0 Å². The summed E-state index contributed by atoms with van der Waals surface area (Å²) < 4.78 is 0. The first-order chi connectivity index (χ1) is 8.81. The smallest absolute Gasteiger partial charge is 0.220 e. The van der Waals surface area contributed by atoms with E-state index in [9.17, 15) is 9.59 Å². The molecule has 0 heterocycles. The van der Waals surface area contributed by atoms with Crippen molar-refractivity contribution in [3.05, 3.63) is 0 Å².